The Morgan fingerprint density at radius 2 is 2.14 bits per heavy atom. The normalized spacial score (nSPS) is 11.7. The van der Waals surface area contributed by atoms with Crippen LogP contribution < -0.4 is 4.74 Å². The Hall–Kier alpha value is -1.69. The number of benzene rings is 1. The van der Waals surface area contributed by atoms with Crippen LogP contribution in [0.15, 0.2) is 41.9 Å². The molecule has 0 bridgehead atoms. The summed E-state index contributed by atoms with van der Waals surface area (Å²) >= 11 is 12.9. The van der Waals surface area contributed by atoms with Gasteiger partial charge >= 0.3 is 5.97 Å². The summed E-state index contributed by atoms with van der Waals surface area (Å²) in [6, 6.07) is 4.42. The molecule has 1 aromatic carbocycles. The van der Waals surface area contributed by atoms with E-state index in [2.05, 4.69) is 11.6 Å². The first-order valence-corrected chi connectivity index (χ1v) is 7.37. The van der Waals surface area contributed by atoms with Crippen LogP contribution in [0, 0.1) is 0 Å². The van der Waals surface area contributed by atoms with Gasteiger partial charge in [0.25, 0.3) is 0 Å². The van der Waals surface area contributed by atoms with Crippen LogP contribution >= 0.6 is 34.5 Å². The Labute approximate surface area is 135 Å². The number of carbonyl (C=O) groups is 2. The zero-order chi connectivity index (χ0) is 15.4. The first kappa shape index (κ1) is 15.7. The Morgan fingerprint density at radius 1 is 1.38 bits per heavy atom. The standard InChI is InChI=1S/C14H9Cl2NO3S/c1-8(10(7-18)13-17-4-5-21-13)14(19)20-9-2-3-11(15)12(16)6-9/h2-7,10H,1H2. The maximum absolute atomic E-state index is 12.0. The molecule has 0 spiro atoms. The summed E-state index contributed by atoms with van der Waals surface area (Å²) in [5.74, 6) is -1.32. The fourth-order valence-corrected chi connectivity index (χ4v) is 2.53. The molecule has 2 aromatic rings. The van der Waals surface area contributed by atoms with Crippen LogP contribution in [0.1, 0.15) is 10.9 Å². The molecule has 0 saturated heterocycles. The second-order valence-electron chi connectivity index (χ2n) is 3.97. The predicted molar refractivity (Wildman–Crippen MR) is 82.2 cm³/mol. The van der Waals surface area contributed by atoms with Crippen molar-refractivity contribution in [2.24, 2.45) is 0 Å². The smallest absolute Gasteiger partial charge is 0.339 e. The minimum absolute atomic E-state index is 0.00558. The molecule has 21 heavy (non-hydrogen) atoms. The summed E-state index contributed by atoms with van der Waals surface area (Å²) in [5.41, 5.74) is 0.00558. The molecule has 1 aromatic heterocycles. The SMILES string of the molecule is C=C(C(=O)Oc1ccc(Cl)c(Cl)c1)C(C=O)c1nccs1. The molecule has 1 atom stereocenters. The number of carbonyl (C=O) groups excluding carboxylic acids is 2. The van der Waals surface area contributed by atoms with Crippen LogP contribution in [0.3, 0.4) is 0 Å². The zero-order valence-corrected chi connectivity index (χ0v) is 12.9. The molecule has 0 fully saturated rings. The Balaban J connectivity index is 2.13. The van der Waals surface area contributed by atoms with E-state index in [0.29, 0.717) is 16.3 Å². The molecule has 4 nitrogen and oxygen atoms in total. The number of aldehydes is 1. The van der Waals surface area contributed by atoms with Gasteiger partial charge in [0.05, 0.1) is 16.0 Å². The minimum atomic E-state index is -0.819. The monoisotopic (exact) mass is 341 g/mol. The van der Waals surface area contributed by atoms with Gasteiger partial charge in [-0.15, -0.1) is 11.3 Å². The highest BCUT2D eigenvalue weighted by atomic mass is 35.5. The van der Waals surface area contributed by atoms with Gasteiger partial charge in [-0.3, -0.25) is 0 Å². The summed E-state index contributed by atoms with van der Waals surface area (Å²) in [6.07, 6.45) is 2.16. The maximum Gasteiger partial charge on any atom is 0.339 e. The lowest BCUT2D eigenvalue weighted by Gasteiger charge is -2.11. The molecular formula is C14H9Cl2NO3S. The van der Waals surface area contributed by atoms with Crippen molar-refractivity contribution >= 4 is 46.8 Å². The third-order valence-electron chi connectivity index (χ3n) is 2.59. The molecule has 1 heterocycles. The third-order valence-corrected chi connectivity index (χ3v) is 4.19. The van der Waals surface area contributed by atoms with E-state index in [0.717, 1.165) is 0 Å². The van der Waals surface area contributed by atoms with E-state index in [-0.39, 0.29) is 16.3 Å². The number of ether oxygens (including phenoxy) is 1. The third kappa shape index (κ3) is 3.69. The summed E-state index contributed by atoms with van der Waals surface area (Å²) in [6.45, 7) is 3.62. The number of rotatable bonds is 5. The minimum Gasteiger partial charge on any atom is -0.423 e. The summed E-state index contributed by atoms with van der Waals surface area (Å²) in [7, 11) is 0. The largest absolute Gasteiger partial charge is 0.423 e. The molecule has 1 unspecified atom stereocenters. The number of hydrogen-bond donors (Lipinski definition) is 0. The number of nitrogens with zero attached hydrogens (tertiary/aromatic N) is 1. The first-order chi connectivity index (χ1) is 10.0. The number of hydrogen-bond acceptors (Lipinski definition) is 5. The van der Waals surface area contributed by atoms with Gasteiger partial charge in [0.1, 0.15) is 17.0 Å². The number of esters is 1. The summed E-state index contributed by atoms with van der Waals surface area (Å²) in [4.78, 5) is 27.2. The average molecular weight is 342 g/mol. The van der Waals surface area contributed by atoms with E-state index in [9.17, 15) is 9.59 Å². The Morgan fingerprint density at radius 3 is 2.71 bits per heavy atom. The lowest BCUT2D eigenvalue weighted by Crippen LogP contribution is -2.17. The Bertz CT molecular complexity index is 686. The van der Waals surface area contributed by atoms with E-state index in [1.807, 2.05) is 0 Å². The quantitative estimate of drug-likeness (QED) is 0.358. The van der Waals surface area contributed by atoms with E-state index in [1.54, 1.807) is 11.6 Å². The second kappa shape index (κ2) is 6.85. The molecule has 2 rings (SSSR count). The Kier molecular flexibility index (Phi) is 5.12. The maximum atomic E-state index is 12.0. The van der Waals surface area contributed by atoms with E-state index >= 15 is 0 Å². The van der Waals surface area contributed by atoms with Gasteiger partial charge in [-0.1, -0.05) is 29.8 Å². The van der Waals surface area contributed by atoms with Gasteiger partial charge in [0, 0.05) is 23.2 Å². The second-order valence-corrected chi connectivity index (χ2v) is 5.72. The van der Waals surface area contributed by atoms with E-state index in [4.69, 9.17) is 27.9 Å². The molecule has 0 aliphatic rings. The highest BCUT2D eigenvalue weighted by Crippen LogP contribution is 2.28. The van der Waals surface area contributed by atoms with Crippen molar-refractivity contribution in [1.82, 2.24) is 4.98 Å². The van der Waals surface area contributed by atoms with Crippen molar-refractivity contribution < 1.29 is 14.3 Å². The van der Waals surface area contributed by atoms with Crippen molar-refractivity contribution in [3.05, 3.63) is 57.0 Å². The molecule has 0 radical (unpaired) electrons. The molecule has 108 valence electrons. The van der Waals surface area contributed by atoms with Crippen molar-refractivity contribution in [1.29, 1.82) is 0 Å². The highest BCUT2D eigenvalue weighted by Gasteiger charge is 2.24. The van der Waals surface area contributed by atoms with Gasteiger partial charge in [-0.05, 0) is 12.1 Å². The molecule has 0 aliphatic heterocycles. The van der Waals surface area contributed by atoms with E-state index in [1.165, 1.54) is 29.5 Å². The lowest BCUT2D eigenvalue weighted by molar-refractivity contribution is -0.131. The van der Waals surface area contributed by atoms with E-state index < -0.39 is 11.9 Å². The van der Waals surface area contributed by atoms with Gasteiger partial charge < -0.3 is 9.53 Å². The number of thiazole rings is 1. The summed E-state index contributed by atoms with van der Waals surface area (Å²) < 4.78 is 5.13. The van der Waals surface area contributed by atoms with Crippen LogP contribution in [0.5, 0.6) is 5.75 Å². The highest BCUT2D eigenvalue weighted by molar-refractivity contribution is 7.09. The molecule has 0 aliphatic carbocycles. The molecule has 0 amide bonds. The lowest BCUT2D eigenvalue weighted by atomic mass is 10.0. The predicted octanol–water partition coefficient (Wildman–Crippen LogP) is 3.89. The average Bonchev–Trinajstić information content (AvgIpc) is 2.97. The van der Waals surface area contributed by atoms with Crippen molar-refractivity contribution in [3.63, 3.8) is 0 Å². The van der Waals surface area contributed by atoms with Crippen LogP contribution in [0.4, 0.5) is 0 Å². The zero-order valence-electron chi connectivity index (χ0n) is 10.6. The van der Waals surface area contributed by atoms with Crippen molar-refractivity contribution in [2.75, 3.05) is 0 Å². The van der Waals surface area contributed by atoms with Crippen LogP contribution in [0.2, 0.25) is 10.0 Å². The van der Waals surface area contributed by atoms with Gasteiger partial charge in [0.2, 0.25) is 0 Å². The van der Waals surface area contributed by atoms with Gasteiger partial charge in [-0.2, -0.15) is 0 Å². The van der Waals surface area contributed by atoms with Crippen molar-refractivity contribution in [3.8, 4) is 5.75 Å². The van der Waals surface area contributed by atoms with Gasteiger partial charge in [-0.25, -0.2) is 9.78 Å². The summed E-state index contributed by atoms with van der Waals surface area (Å²) in [5, 5.41) is 2.81. The fraction of sp³-hybridized carbons (Fsp3) is 0.0714. The van der Waals surface area contributed by atoms with Crippen molar-refractivity contribution in [2.45, 2.75) is 5.92 Å². The molecule has 0 saturated carbocycles. The molecule has 7 heteroatoms. The van der Waals surface area contributed by atoms with Crippen LogP contribution in [-0.4, -0.2) is 17.2 Å². The molecular weight excluding hydrogens is 333 g/mol. The van der Waals surface area contributed by atoms with Crippen LogP contribution in [-0.2, 0) is 9.59 Å². The number of halogens is 2. The number of aromatic nitrogens is 1. The topological polar surface area (TPSA) is 56.3 Å². The van der Waals surface area contributed by atoms with Gasteiger partial charge in [0.15, 0.2) is 0 Å². The molecule has 0 N–H and O–H groups in total. The van der Waals surface area contributed by atoms with Crippen LogP contribution in [0.25, 0.3) is 0 Å². The fourth-order valence-electron chi connectivity index (χ4n) is 1.52. The first-order valence-electron chi connectivity index (χ1n) is 5.73.